The van der Waals surface area contributed by atoms with Gasteiger partial charge < -0.3 is 25.4 Å². The minimum absolute atomic E-state index is 0.255. The summed E-state index contributed by atoms with van der Waals surface area (Å²) in [6, 6.07) is 6.30. The van der Waals surface area contributed by atoms with Gasteiger partial charge in [0, 0.05) is 13.1 Å². The van der Waals surface area contributed by atoms with Crippen molar-refractivity contribution in [2.24, 2.45) is 0 Å². The van der Waals surface area contributed by atoms with Crippen molar-refractivity contribution in [1.82, 2.24) is 19.5 Å². The van der Waals surface area contributed by atoms with Gasteiger partial charge in [-0.15, -0.1) is 0 Å². The van der Waals surface area contributed by atoms with Crippen LogP contribution >= 0.6 is 0 Å². The van der Waals surface area contributed by atoms with E-state index in [2.05, 4.69) is 25.6 Å². The van der Waals surface area contributed by atoms with E-state index in [0.29, 0.717) is 30.1 Å². The average Bonchev–Trinajstić information content (AvgIpc) is 3.09. The molecule has 0 spiro atoms. The molecule has 2 aromatic heterocycles. The van der Waals surface area contributed by atoms with Gasteiger partial charge >= 0.3 is 0 Å². The number of fused-ring (bicyclic) bond motifs is 1. The number of anilines is 2. The average molecular weight is 374 g/mol. The van der Waals surface area contributed by atoms with Crippen molar-refractivity contribution >= 4 is 22.9 Å². The zero-order chi connectivity index (χ0) is 19.4. The Hall–Kier alpha value is -2.78. The number of aliphatic hydroxyl groups excluding tert-OH is 2. The second-order valence-electron chi connectivity index (χ2n) is 6.58. The van der Waals surface area contributed by atoms with Crippen LogP contribution in [0.3, 0.4) is 0 Å². The molecule has 3 rings (SSSR count). The first-order valence-electron chi connectivity index (χ1n) is 8.69. The molecule has 0 bridgehead atoms. The number of hydrogen-bond acceptors (Lipinski definition) is 7. The highest BCUT2D eigenvalue weighted by atomic mass is 19.1. The van der Waals surface area contributed by atoms with Gasteiger partial charge in [0.1, 0.15) is 5.82 Å². The molecule has 0 amide bonds. The van der Waals surface area contributed by atoms with Crippen LogP contribution in [-0.4, -0.2) is 48.5 Å². The maximum absolute atomic E-state index is 13.4. The van der Waals surface area contributed by atoms with E-state index < -0.39 is 5.54 Å². The van der Waals surface area contributed by atoms with Crippen LogP contribution in [0.15, 0.2) is 30.6 Å². The lowest BCUT2D eigenvalue weighted by Crippen LogP contribution is -2.43. The number of aliphatic hydroxyl groups is 2. The number of nitrogens with zero attached hydrogens (tertiary/aromatic N) is 4. The third kappa shape index (κ3) is 4.15. The topological polar surface area (TPSA) is 108 Å². The second-order valence-corrected chi connectivity index (χ2v) is 6.58. The van der Waals surface area contributed by atoms with Crippen LogP contribution in [0.5, 0.6) is 0 Å². The molecule has 0 unspecified atom stereocenters. The largest absolute Gasteiger partial charge is 0.394 e. The summed E-state index contributed by atoms with van der Waals surface area (Å²) in [6.45, 7) is 4.10. The van der Waals surface area contributed by atoms with E-state index in [1.807, 2.05) is 17.6 Å². The van der Waals surface area contributed by atoms with Crippen LogP contribution in [0.1, 0.15) is 19.4 Å². The lowest BCUT2D eigenvalue weighted by molar-refractivity contribution is 0.147. The summed E-state index contributed by atoms with van der Waals surface area (Å²) in [7, 11) is 0. The van der Waals surface area contributed by atoms with Crippen LogP contribution < -0.4 is 10.6 Å². The molecule has 0 saturated heterocycles. The van der Waals surface area contributed by atoms with Gasteiger partial charge in [0.2, 0.25) is 5.95 Å². The number of benzene rings is 1. The number of halogens is 1. The van der Waals surface area contributed by atoms with Crippen LogP contribution in [-0.2, 0) is 13.1 Å². The molecule has 8 nitrogen and oxygen atoms in total. The molecule has 144 valence electrons. The smallest absolute Gasteiger partial charge is 0.227 e. The fraction of sp³-hybridized carbons (Fsp3) is 0.389. The maximum atomic E-state index is 13.4. The van der Waals surface area contributed by atoms with E-state index in [1.54, 1.807) is 19.3 Å². The van der Waals surface area contributed by atoms with Crippen LogP contribution in [0.2, 0.25) is 0 Å². The van der Waals surface area contributed by atoms with Crippen molar-refractivity contribution in [3.8, 4) is 0 Å². The SMILES string of the molecule is CCn1cnc2c(NCc3cccc(F)c3)nc(NC(C)(CO)CO)nc21. The first-order valence-corrected chi connectivity index (χ1v) is 8.69. The molecule has 0 fully saturated rings. The molecular formula is C18H23FN6O2. The molecule has 9 heteroatoms. The lowest BCUT2D eigenvalue weighted by atomic mass is 10.1. The predicted octanol–water partition coefficient (Wildman–Crippen LogP) is 1.75. The summed E-state index contributed by atoms with van der Waals surface area (Å²) >= 11 is 0. The summed E-state index contributed by atoms with van der Waals surface area (Å²) in [4.78, 5) is 13.3. The van der Waals surface area contributed by atoms with Gasteiger partial charge in [-0.25, -0.2) is 9.37 Å². The Morgan fingerprint density at radius 2 is 2.00 bits per heavy atom. The highest BCUT2D eigenvalue weighted by Crippen LogP contribution is 2.23. The van der Waals surface area contributed by atoms with Crippen molar-refractivity contribution < 1.29 is 14.6 Å². The fourth-order valence-electron chi connectivity index (χ4n) is 2.59. The Bertz CT molecular complexity index is 925. The number of aromatic nitrogens is 4. The summed E-state index contributed by atoms with van der Waals surface area (Å²) in [5, 5.41) is 25.2. The first-order chi connectivity index (χ1) is 13.0. The van der Waals surface area contributed by atoms with Gasteiger partial charge in [0.15, 0.2) is 17.0 Å². The molecule has 0 aliphatic heterocycles. The van der Waals surface area contributed by atoms with Gasteiger partial charge in [-0.05, 0) is 31.5 Å². The van der Waals surface area contributed by atoms with Gasteiger partial charge in [-0.3, -0.25) is 0 Å². The van der Waals surface area contributed by atoms with Crippen molar-refractivity contribution in [3.63, 3.8) is 0 Å². The standard InChI is InChI=1S/C18H23FN6O2/c1-3-25-11-21-14-15(20-8-12-5-4-6-13(19)7-12)22-17(23-16(14)25)24-18(2,9-26)10-27/h4-7,11,26-27H,3,8-10H2,1-2H3,(H2,20,22,23,24). The zero-order valence-corrected chi connectivity index (χ0v) is 15.3. The zero-order valence-electron chi connectivity index (χ0n) is 15.3. The van der Waals surface area contributed by atoms with Gasteiger partial charge in [-0.2, -0.15) is 9.97 Å². The first kappa shape index (κ1) is 19.0. The van der Waals surface area contributed by atoms with E-state index in [1.165, 1.54) is 12.1 Å². The van der Waals surface area contributed by atoms with Gasteiger partial charge in [0.25, 0.3) is 0 Å². The molecular weight excluding hydrogens is 351 g/mol. The molecule has 4 N–H and O–H groups in total. The molecule has 1 aromatic carbocycles. The Kier molecular flexibility index (Phi) is 5.52. The fourth-order valence-corrected chi connectivity index (χ4v) is 2.59. The highest BCUT2D eigenvalue weighted by Gasteiger charge is 2.24. The van der Waals surface area contributed by atoms with Crippen molar-refractivity contribution in [2.75, 3.05) is 23.8 Å². The Labute approximate surface area is 156 Å². The maximum Gasteiger partial charge on any atom is 0.227 e. The molecule has 0 aliphatic carbocycles. The van der Waals surface area contributed by atoms with Crippen molar-refractivity contribution in [2.45, 2.75) is 32.5 Å². The number of aryl methyl sites for hydroxylation is 1. The van der Waals surface area contributed by atoms with E-state index >= 15 is 0 Å². The van der Waals surface area contributed by atoms with Crippen LogP contribution in [0, 0.1) is 5.82 Å². The summed E-state index contributed by atoms with van der Waals surface area (Å²) in [6.07, 6.45) is 1.67. The highest BCUT2D eigenvalue weighted by molar-refractivity contribution is 5.84. The van der Waals surface area contributed by atoms with Crippen molar-refractivity contribution in [1.29, 1.82) is 0 Å². The lowest BCUT2D eigenvalue weighted by Gasteiger charge is -2.26. The normalized spacial score (nSPS) is 11.7. The monoisotopic (exact) mass is 374 g/mol. The number of rotatable bonds is 8. The van der Waals surface area contributed by atoms with Gasteiger partial charge in [-0.1, -0.05) is 12.1 Å². The molecule has 0 radical (unpaired) electrons. The Morgan fingerprint density at radius 1 is 1.22 bits per heavy atom. The third-order valence-electron chi connectivity index (χ3n) is 4.27. The van der Waals surface area contributed by atoms with E-state index in [9.17, 15) is 14.6 Å². The predicted molar refractivity (Wildman–Crippen MR) is 101 cm³/mol. The molecule has 2 heterocycles. The molecule has 0 atom stereocenters. The minimum atomic E-state index is -0.968. The van der Waals surface area contributed by atoms with Crippen molar-refractivity contribution in [3.05, 3.63) is 42.0 Å². The third-order valence-corrected chi connectivity index (χ3v) is 4.27. The summed E-state index contributed by atoms with van der Waals surface area (Å²) in [5.74, 6) is 0.434. The molecule has 3 aromatic rings. The Morgan fingerprint density at radius 3 is 2.67 bits per heavy atom. The summed E-state index contributed by atoms with van der Waals surface area (Å²) < 4.78 is 15.3. The number of imidazole rings is 1. The Balaban J connectivity index is 1.95. The van der Waals surface area contributed by atoms with Crippen LogP contribution in [0.4, 0.5) is 16.2 Å². The molecule has 0 aliphatic rings. The van der Waals surface area contributed by atoms with Gasteiger partial charge in [0.05, 0.1) is 25.1 Å². The van der Waals surface area contributed by atoms with E-state index in [4.69, 9.17) is 0 Å². The van der Waals surface area contributed by atoms with Crippen LogP contribution in [0.25, 0.3) is 11.2 Å². The number of hydrogen-bond donors (Lipinski definition) is 4. The second kappa shape index (κ2) is 7.85. The van der Waals surface area contributed by atoms with E-state index in [-0.39, 0.29) is 25.0 Å². The molecule has 0 saturated carbocycles. The van der Waals surface area contributed by atoms with E-state index in [0.717, 1.165) is 5.56 Å². The number of nitrogens with one attached hydrogen (secondary N) is 2. The molecule has 27 heavy (non-hydrogen) atoms. The quantitative estimate of drug-likeness (QED) is 0.476. The summed E-state index contributed by atoms with van der Waals surface area (Å²) in [5.41, 5.74) is 1.01. The minimum Gasteiger partial charge on any atom is -0.394 e.